The van der Waals surface area contributed by atoms with Crippen LogP contribution in [-0.4, -0.2) is 16.8 Å². The molecule has 0 aliphatic carbocycles. The van der Waals surface area contributed by atoms with E-state index < -0.39 is 0 Å². The van der Waals surface area contributed by atoms with Gasteiger partial charge in [-0.3, -0.25) is 4.79 Å². The van der Waals surface area contributed by atoms with Gasteiger partial charge in [-0.15, -0.1) is 0 Å². The van der Waals surface area contributed by atoms with Crippen molar-refractivity contribution in [2.24, 2.45) is 0 Å². The fourth-order valence-corrected chi connectivity index (χ4v) is 3.49. The number of hydrogen-bond donors (Lipinski definition) is 1. The van der Waals surface area contributed by atoms with Gasteiger partial charge < -0.3 is 14.8 Å². The molecule has 1 saturated heterocycles. The average molecular weight is 400 g/mol. The van der Waals surface area contributed by atoms with Gasteiger partial charge >= 0.3 is 0 Å². The average Bonchev–Trinajstić information content (AvgIpc) is 2.98. The van der Waals surface area contributed by atoms with Gasteiger partial charge in [0.05, 0.1) is 11.5 Å². The molecular weight excluding hydrogens is 378 g/mol. The Bertz CT molecular complexity index is 847. The molecule has 0 spiro atoms. The molecule has 6 heteroatoms. The summed E-state index contributed by atoms with van der Waals surface area (Å²) in [5.41, 5.74) is 1.96. The van der Waals surface area contributed by atoms with Gasteiger partial charge in [-0.25, -0.2) is 0 Å². The van der Waals surface area contributed by atoms with Crippen molar-refractivity contribution in [3.8, 4) is 11.5 Å². The molecule has 3 rings (SSSR count). The first-order valence-corrected chi connectivity index (χ1v) is 10.1. The molecule has 27 heavy (non-hydrogen) atoms. The largest absolute Gasteiger partial charge is 0.494 e. The second kappa shape index (κ2) is 9.58. The SMILES string of the molecule is CCCCOc1ccc(COc2cccc(/C=C3\SC(=S)NC3=O)c2)cc1. The number of thioether (sulfide) groups is 1. The van der Waals surface area contributed by atoms with Crippen molar-refractivity contribution in [3.63, 3.8) is 0 Å². The first-order valence-electron chi connectivity index (χ1n) is 8.83. The Balaban J connectivity index is 1.58. The third-order valence-electron chi connectivity index (χ3n) is 3.89. The lowest BCUT2D eigenvalue weighted by Crippen LogP contribution is -2.17. The number of nitrogens with one attached hydrogen (secondary N) is 1. The maximum Gasteiger partial charge on any atom is 0.263 e. The zero-order valence-corrected chi connectivity index (χ0v) is 16.7. The van der Waals surface area contributed by atoms with E-state index in [1.54, 1.807) is 0 Å². The number of ether oxygens (including phenoxy) is 2. The quantitative estimate of drug-likeness (QED) is 0.387. The van der Waals surface area contributed by atoms with Crippen LogP contribution in [-0.2, 0) is 11.4 Å². The van der Waals surface area contributed by atoms with Crippen LogP contribution in [0.25, 0.3) is 6.08 Å². The summed E-state index contributed by atoms with van der Waals surface area (Å²) in [6, 6.07) is 15.6. The minimum Gasteiger partial charge on any atom is -0.494 e. The van der Waals surface area contributed by atoms with Gasteiger partial charge in [0.1, 0.15) is 22.4 Å². The number of unbranched alkanes of at least 4 members (excludes halogenated alkanes) is 1. The summed E-state index contributed by atoms with van der Waals surface area (Å²) in [7, 11) is 0. The standard InChI is InChI=1S/C21H21NO3S2/c1-2-3-11-24-17-9-7-15(8-10-17)14-25-18-6-4-5-16(12-18)13-19-20(23)22-21(26)27-19/h4-10,12-13H,2-3,11,14H2,1H3,(H,22,23,26)/b19-13-. The van der Waals surface area contributed by atoms with Crippen molar-refractivity contribution in [2.45, 2.75) is 26.4 Å². The summed E-state index contributed by atoms with van der Waals surface area (Å²) in [6.07, 6.45) is 4.00. The number of amides is 1. The van der Waals surface area contributed by atoms with E-state index in [1.165, 1.54) is 11.8 Å². The van der Waals surface area contributed by atoms with Crippen molar-refractivity contribution in [1.29, 1.82) is 0 Å². The molecule has 1 fully saturated rings. The van der Waals surface area contributed by atoms with Gasteiger partial charge in [0.2, 0.25) is 0 Å². The molecule has 0 aromatic heterocycles. The Morgan fingerprint density at radius 3 is 2.63 bits per heavy atom. The monoisotopic (exact) mass is 399 g/mol. The van der Waals surface area contributed by atoms with E-state index in [1.807, 2.05) is 54.6 Å². The van der Waals surface area contributed by atoms with Gasteiger partial charge in [0.25, 0.3) is 5.91 Å². The number of hydrogen-bond acceptors (Lipinski definition) is 5. The summed E-state index contributed by atoms with van der Waals surface area (Å²) in [6.45, 7) is 3.36. The zero-order chi connectivity index (χ0) is 19.1. The van der Waals surface area contributed by atoms with E-state index in [4.69, 9.17) is 21.7 Å². The summed E-state index contributed by atoms with van der Waals surface area (Å²) < 4.78 is 12.0. The van der Waals surface area contributed by atoms with E-state index in [0.29, 0.717) is 15.8 Å². The molecule has 0 bridgehead atoms. The molecule has 4 nitrogen and oxygen atoms in total. The highest BCUT2D eigenvalue weighted by Crippen LogP contribution is 2.27. The topological polar surface area (TPSA) is 47.6 Å². The van der Waals surface area contributed by atoms with Crippen LogP contribution in [0.2, 0.25) is 0 Å². The number of carbonyl (C=O) groups is 1. The highest BCUT2D eigenvalue weighted by Gasteiger charge is 2.21. The summed E-state index contributed by atoms with van der Waals surface area (Å²) in [4.78, 5) is 12.4. The Kier molecular flexibility index (Phi) is 6.90. The smallest absolute Gasteiger partial charge is 0.263 e. The lowest BCUT2D eigenvalue weighted by atomic mass is 10.2. The minimum atomic E-state index is -0.155. The molecular formula is C21H21NO3S2. The van der Waals surface area contributed by atoms with Crippen LogP contribution < -0.4 is 14.8 Å². The van der Waals surface area contributed by atoms with Crippen LogP contribution in [0.1, 0.15) is 30.9 Å². The summed E-state index contributed by atoms with van der Waals surface area (Å²) >= 11 is 6.28. The lowest BCUT2D eigenvalue weighted by molar-refractivity contribution is -0.115. The second-order valence-electron chi connectivity index (χ2n) is 6.06. The van der Waals surface area contributed by atoms with Crippen LogP contribution in [0.5, 0.6) is 11.5 Å². The summed E-state index contributed by atoms with van der Waals surface area (Å²) in [5, 5.41) is 2.61. The first kappa shape index (κ1) is 19.5. The van der Waals surface area contributed by atoms with Crippen molar-refractivity contribution in [3.05, 3.63) is 64.6 Å². The molecule has 2 aromatic rings. The van der Waals surface area contributed by atoms with Crippen molar-refractivity contribution >= 4 is 40.3 Å². The molecule has 1 amide bonds. The van der Waals surface area contributed by atoms with Crippen LogP contribution in [0.3, 0.4) is 0 Å². The van der Waals surface area contributed by atoms with E-state index in [9.17, 15) is 4.79 Å². The van der Waals surface area contributed by atoms with Gasteiger partial charge in [-0.05, 0) is 47.9 Å². The Labute approximate surface area is 168 Å². The predicted molar refractivity (Wildman–Crippen MR) is 114 cm³/mol. The Morgan fingerprint density at radius 2 is 1.93 bits per heavy atom. The minimum absolute atomic E-state index is 0.155. The van der Waals surface area contributed by atoms with Gasteiger partial charge in [0, 0.05) is 0 Å². The molecule has 1 N–H and O–H groups in total. The third kappa shape index (κ3) is 5.84. The van der Waals surface area contributed by atoms with Gasteiger partial charge in [-0.1, -0.05) is 61.6 Å². The molecule has 1 aliphatic heterocycles. The maximum atomic E-state index is 11.8. The second-order valence-corrected chi connectivity index (χ2v) is 7.78. The van der Waals surface area contributed by atoms with E-state index >= 15 is 0 Å². The van der Waals surface area contributed by atoms with Crippen LogP contribution in [0, 0.1) is 0 Å². The lowest BCUT2D eigenvalue weighted by Gasteiger charge is -2.09. The predicted octanol–water partition coefficient (Wildman–Crippen LogP) is 4.93. The van der Waals surface area contributed by atoms with E-state index in [-0.39, 0.29) is 5.91 Å². The molecule has 0 radical (unpaired) electrons. The fourth-order valence-electron chi connectivity index (χ4n) is 2.45. The molecule has 0 atom stereocenters. The highest BCUT2D eigenvalue weighted by molar-refractivity contribution is 8.26. The third-order valence-corrected chi connectivity index (χ3v) is 5.06. The molecule has 0 unspecified atom stereocenters. The maximum absolute atomic E-state index is 11.8. The molecule has 1 heterocycles. The van der Waals surface area contributed by atoms with Crippen LogP contribution in [0.15, 0.2) is 53.4 Å². The van der Waals surface area contributed by atoms with E-state index in [0.717, 1.165) is 42.1 Å². The number of benzene rings is 2. The van der Waals surface area contributed by atoms with E-state index in [2.05, 4.69) is 12.2 Å². The van der Waals surface area contributed by atoms with Crippen LogP contribution >= 0.6 is 24.0 Å². The van der Waals surface area contributed by atoms with Crippen LogP contribution in [0.4, 0.5) is 0 Å². The molecule has 140 valence electrons. The number of thiocarbonyl (C=S) groups is 1. The molecule has 0 saturated carbocycles. The van der Waals surface area contributed by atoms with Crippen molar-refractivity contribution in [2.75, 3.05) is 6.61 Å². The normalized spacial score (nSPS) is 15.1. The number of carbonyl (C=O) groups excluding carboxylic acids is 1. The number of rotatable bonds is 8. The Hall–Kier alpha value is -2.31. The Morgan fingerprint density at radius 1 is 1.11 bits per heavy atom. The van der Waals surface area contributed by atoms with Gasteiger partial charge in [0.15, 0.2) is 0 Å². The zero-order valence-electron chi connectivity index (χ0n) is 15.1. The van der Waals surface area contributed by atoms with Crippen molar-refractivity contribution in [1.82, 2.24) is 5.32 Å². The molecule has 2 aromatic carbocycles. The molecule has 1 aliphatic rings. The fraction of sp³-hybridized carbons (Fsp3) is 0.238. The first-order chi connectivity index (χ1) is 13.1. The summed E-state index contributed by atoms with van der Waals surface area (Å²) in [5.74, 6) is 1.47. The highest BCUT2D eigenvalue weighted by atomic mass is 32.2. The van der Waals surface area contributed by atoms with Crippen molar-refractivity contribution < 1.29 is 14.3 Å². The van der Waals surface area contributed by atoms with Gasteiger partial charge in [-0.2, -0.15) is 0 Å².